The predicted molar refractivity (Wildman–Crippen MR) is 52.1 cm³/mol. The van der Waals surface area contributed by atoms with Crippen molar-refractivity contribution in [3.8, 4) is 5.75 Å². The van der Waals surface area contributed by atoms with Crippen LogP contribution in [0.5, 0.6) is 5.75 Å². The van der Waals surface area contributed by atoms with Crippen molar-refractivity contribution < 1.29 is 36.2 Å². The molecule has 0 aliphatic heterocycles. The van der Waals surface area contributed by atoms with Gasteiger partial charge in [0.15, 0.2) is 6.10 Å². The van der Waals surface area contributed by atoms with Crippen LogP contribution in [0.15, 0.2) is 24.3 Å². The van der Waals surface area contributed by atoms with Gasteiger partial charge in [0.05, 0.1) is 6.04 Å². The Morgan fingerprint density at radius 2 is 1.68 bits per heavy atom. The number of halogens is 6. The molecule has 0 bridgehead atoms. The van der Waals surface area contributed by atoms with E-state index in [9.17, 15) is 26.3 Å². The third kappa shape index (κ3) is 4.60. The molecule has 0 spiro atoms. The van der Waals surface area contributed by atoms with Crippen molar-refractivity contribution in [3.63, 3.8) is 0 Å². The van der Waals surface area contributed by atoms with Gasteiger partial charge < -0.3 is 15.6 Å². The highest BCUT2D eigenvalue weighted by Crippen LogP contribution is 2.31. The van der Waals surface area contributed by atoms with Gasteiger partial charge in [-0.25, -0.2) is 0 Å². The Morgan fingerprint density at radius 3 is 2.16 bits per heavy atom. The molecule has 0 heterocycles. The molecule has 1 aromatic carbocycles. The number of nitrogens with two attached hydrogens (primary N) is 1. The van der Waals surface area contributed by atoms with E-state index in [2.05, 4.69) is 4.74 Å². The maximum atomic E-state index is 12.2. The molecule has 0 fully saturated rings. The van der Waals surface area contributed by atoms with Crippen LogP contribution in [0.4, 0.5) is 26.3 Å². The normalized spacial score (nSPS) is 16.0. The van der Waals surface area contributed by atoms with Crippen molar-refractivity contribution in [2.24, 2.45) is 5.73 Å². The standard InChI is InChI=1S/C10H9F6NO2/c11-9(12,13)8(18)7(17)5-2-1-3-6(4-5)19-10(14,15)16/h1-4,7-8,18H,17H2/t7-,8-/m0/s1. The fraction of sp³-hybridized carbons (Fsp3) is 0.400. The molecule has 0 radical (unpaired) electrons. The summed E-state index contributed by atoms with van der Waals surface area (Å²) in [6, 6.07) is 1.79. The number of aliphatic hydroxyl groups excluding tert-OH is 1. The average Bonchev–Trinajstić information content (AvgIpc) is 2.23. The molecule has 1 rings (SSSR count). The van der Waals surface area contributed by atoms with Crippen molar-refractivity contribution in [3.05, 3.63) is 29.8 Å². The molecule has 0 unspecified atom stereocenters. The summed E-state index contributed by atoms with van der Waals surface area (Å²) in [6.07, 6.45) is -12.8. The molecule has 0 aromatic heterocycles. The second-order valence-electron chi connectivity index (χ2n) is 3.63. The fourth-order valence-electron chi connectivity index (χ4n) is 1.30. The summed E-state index contributed by atoms with van der Waals surface area (Å²) in [6.45, 7) is 0. The predicted octanol–water partition coefficient (Wildman–Crippen LogP) is 2.51. The summed E-state index contributed by atoms with van der Waals surface area (Å²) in [5.74, 6) is -0.713. The Labute approximate surface area is 103 Å². The monoisotopic (exact) mass is 289 g/mol. The Hall–Kier alpha value is -1.48. The highest BCUT2D eigenvalue weighted by Gasteiger charge is 2.42. The minimum Gasteiger partial charge on any atom is -0.406 e. The minimum absolute atomic E-state index is 0.327. The highest BCUT2D eigenvalue weighted by molar-refractivity contribution is 5.31. The van der Waals surface area contributed by atoms with Crippen LogP contribution in [0.3, 0.4) is 0 Å². The molecule has 9 heteroatoms. The maximum Gasteiger partial charge on any atom is 0.573 e. The summed E-state index contributed by atoms with van der Waals surface area (Å²) in [5, 5.41) is 8.92. The van der Waals surface area contributed by atoms with E-state index in [1.165, 1.54) is 0 Å². The van der Waals surface area contributed by atoms with Gasteiger partial charge in [0.2, 0.25) is 0 Å². The third-order valence-corrected chi connectivity index (χ3v) is 2.15. The number of aliphatic hydroxyl groups is 1. The quantitative estimate of drug-likeness (QED) is 0.841. The van der Waals surface area contributed by atoms with Crippen molar-refractivity contribution in [2.45, 2.75) is 24.7 Å². The second-order valence-corrected chi connectivity index (χ2v) is 3.63. The first kappa shape index (κ1) is 15.6. The zero-order chi connectivity index (χ0) is 14.8. The molecule has 0 aliphatic carbocycles. The first-order valence-electron chi connectivity index (χ1n) is 4.87. The van der Waals surface area contributed by atoms with Crippen LogP contribution >= 0.6 is 0 Å². The summed E-state index contributed by atoms with van der Waals surface area (Å²) in [4.78, 5) is 0. The summed E-state index contributed by atoms with van der Waals surface area (Å²) in [5.41, 5.74) is 4.82. The minimum atomic E-state index is -4.97. The molecule has 3 N–H and O–H groups in total. The lowest BCUT2D eigenvalue weighted by atomic mass is 10.0. The first-order chi connectivity index (χ1) is 8.50. The lowest BCUT2D eigenvalue weighted by Gasteiger charge is -2.22. The van der Waals surface area contributed by atoms with Crippen molar-refractivity contribution >= 4 is 0 Å². The molecular formula is C10H9F6NO2. The molecule has 0 aliphatic rings. The van der Waals surface area contributed by atoms with Gasteiger partial charge in [0.1, 0.15) is 5.75 Å². The average molecular weight is 289 g/mol. The van der Waals surface area contributed by atoms with E-state index in [4.69, 9.17) is 10.8 Å². The van der Waals surface area contributed by atoms with E-state index in [1.807, 2.05) is 0 Å². The Morgan fingerprint density at radius 1 is 1.11 bits per heavy atom. The molecule has 3 nitrogen and oxygen atoms in total. The van der Waals surface area contributed by atoms with Gasteiger partial charge >= 0.3 is 12.5 Å². The van der Waals surface area contributed by atoms with Crippen molar-refractivity contribution in [2.75, 3.05) is 0 Å². The van der Waals surface area contributed by atoms with Gasteiger partial charge in [-0.05, 0) is 17.7 Å². The number of benzene rings is 1. The van der Waals surface area contributed by atoms with Gasteiger partial charge in [-0.1, -0.05) is 12.1 Å². The van der Waals surface area contributed by atoms with E-state index in [-0.39, 0.29) is 5.56 Å². The van der Waals surface area contributed by atoms with Gasteiger partial charge in [-0.3, -0.25) is 0 Å². The van der Waals surface area contributed by atoms with E-state index in [0.717, 1.165) is 18.2 Å². The van der Waals surface area contributed by atoms with Gasteiger partial charge in [-0.15, -0.1) is 13.2 Å². The van der Waals surface area contributed by atoms with Gasteiger partial charge in [0.25, 0.3) is 0 Å². The number of rotatable bonds is 3. The van der Waals surface area contributed by atoms with Gasteiger partial charge in [-0.2, -0.15) is 13.2 Å². The van der Waals surface area contributed by atoms with E-state index < -0.39 is 30.4 Å². The number of alkyl halides is 6. The molecule has 2 atom stereocenters. The van der Waals surface area contributed by atoms with Crippen molar-refractivity contribution in [1.82, 2.24) is 0 Å². The van der Waals surface area contributed by atoms with Crippen LogP contribution in [0, 0.1) is 0 Å². The second kappa shape index (κ2) is 5.25. The van der Waals surface area contributed by atoms with Crippen LogP contribution in [0.1, 0.15) is 11.6 Å². The summed E-state index contributed by atoms with van der Waals surface area (Å²) < 4.78 is 76.0. The maximum absolute atomic E-state index is 12.2. The van der Waals surface area contributed by atoms with E-state index in [0.29, 0.717) is 6.07 Å². The topological polar surface area (TPSA) is 55.5 Å². The smallest absolute Gasteiger partial charge is 0.406 e. The first-order valence-corrected chi connectivity index (χ1v) is 4.87. The molecule has 19 heavy (non-hydrogen) atoms. The van der Waals surface area contributed by atoms with Crippen LogP contribution in [-0.2, 0) is 0 Å². The fourth-order valence-corrected chi connectivity index (χ4v) is 1.30. The number of hydrogen-bond acceptors (Lipinski definition) is 3. The summed E-state index contributed by atoms with van der Waals surface area (Å²) >= 11 is 0. The molecule has 0 saturated carbocycles. The van der Waals surface area contributed by atoms with Crippen LogP contribution in [-0.4, -0.2) is 23.7 Å². The lowest BCUT2D eigenvalue weighted by Crippen LogP contribution is -2.38. The molecule has 0 amide bonds. The third-order valence-electron chi connectivity index (χ3n) is 2.15. The molecule has 108 valence electrons. The Kier molecular flexibility index (Phi) is 4.31. The zero-order valence-electron chi connectivity index (χ0n) is 9.16. The number of ether oxygens (including phenoxy) is 1. The molecule has 0 saturated heterocycles. The van der Waals surface area contributed by atoms with Crippen LogP contribution < -0.4 is 10.5 Å². The zero-order valence-corrected chi connectivity index (χ0v) is 9.16. The molecule has 1 aromatic rings. The highest BCUT2D eigenvalue weighted by atomic mass is 19.4. The van der Waals surface area contributed by atoms with E-state index >= 15 is 0 Å². The largest absolute Gasteiger partial charge is 0.573 e. The number of hydrogen-bond donors (Lipinski definition) is 2. The SMILES string of the molecule is N[C@@H](c1cccc(OC(F)(F)F)c1)[C@H](O)C(F)(F)F. The Balaban J connectivity index is 2.93. The van der Waals surface area contributed by atoms with E-state index in [1.54, 1.807) is 0 Å². The van der Waals surface area contributed by atoms with Gasteiger partial charge in [0, 0.05) is 0 Å². The van der Waals surface area contributed by atoms with Crippen LogP contribution in [0.25, 0.3) is 0 Å². The Bertz CT molecular complexity index is 431. The lowest BCUT2D eigenvalue weighted by molar-refractivity contribution is -0.274. The van der Waals surface area contributed by atoms with Crippen molar-refractivity contribution in [1.29, 1.82) is 0 Å². The molecular weight excluding hydrogens is 280 g/mol. The summed E-state index contributed by atoms with van der Waals surface area (Å²) in [7, 11) is 0. The van der Waals surface area contributed by atoms with Crippen LogP contribution in [0.2, 0.25) is 0 Å².